The van der Waals surface area contributed by atoms with E-state index in [0.717, 1.165) is 16.7 Å². The smallest absolute Gasteiger partial charge is 0.123 e. The summed E-state index contributed by atoms with van der Waals surface area (Å²) in [6, 6.07) is 13.2. The zero-order valence-corrected chi connectivity index (χ0v) is 11.8. The van der Waals surface area contributed by atoms with E-state index in [1.165, 1.54) is 37.0 Å². The molecule has 0 radical (unpaired) electrons. The highest BCUT2D eigenvalue weighted by Crippen LogP contribution is 2.37. The van der Waals surface area contributed by atoms with Gasteiger partial charge in [0.15, 0.2) is 0 Å². The predicted molar refractivity (Wildman–Crippen MR) is 80.2 cm³/mol. The van der Waals surface area contributed by atoms with Crippen LogP contribution in [-0.2, 0) is 0 Å². The summed E-state index contributed by atoms with van der Waals surface area (Å²) >= 11 is 0. The molecule has 0 saturated heterocycles. The Labute approximate surface area is 119 Å². The SMILES string of the molecule is Cc1cc(F)cc(C(N)c2cccc(C3CCC3)c2)c1. The average molecular weight is 269 g/mol. The zero-order chi connectivity index (χ0) is 14.1. The Balaban J connectivity index is 1.91. The van der Waals surface area contributed by atoms with Gasteiger partial charge in [-0.1, -0.05) is 36.8 Å². The number of halogens is 1. The van der Waals surface area contributed by atoms with Crippen molar-refractivity contribution in [2.75, 3.05) is 0 Å². The van der Waals surface area contributed by atoms with Crippen molar-refractivity contribution in [3.05, 3.63) is 70.5 Å². The largest absolute Gasteiger partial charge is 0.320 e. The number of hydrogen-bond donors (Lipinski definition) is 1. The van der Waals surface area contributed by atoms with Crippen molar-refractivity contribution in [1.82, 2.24) is 0 Å². The molecule has 20 heavy (non-hydrogen) atoms. The first kappa shape index (κ1) is 13.3. The Morgan fingerprint density at radius 2 is 1.90 bits per heavy atom. The Kier molecular flexibility index (Phi) is 3.58. The van der Waals surface area contributed by atoms with E-state index in [4.69, 9.17) is 5.73 Å². The summed E-state index contributed by atoms with van der Waals surface area (Å²) in [6.45, 7) is 1.89. The molecule has 3 rings (SSSR count). The van der Waals surface area contributed by atoms with Crippen LogP contribution in [0.5, 0.6) is 0 Å². The van der Waals surface area contributed by atoms with E-state index in [1.54, 1.807) is 0 Å². The normalized spacial score (nSPS) is 16.8. The molecule has 0 aliphatic heterocycles. The molecule has 2 N–H and O–H groups in total. The lowest BCUT2D eigenvalue weighted by atomic mass is 9.79. The summed E-state index contributed by atoms with van der Waals surface area (Å²) in [4.78, 5) is 0. The number of aryl methyl sites for hydroxylation is 1. The minimum Gasteiger partial charge on any atom is -0.320 e. The molecule has 0 bridgehead atoms. The third-order valence-corrected chi connectivity index (χ3v) is 4.27. The summed E-state index contributed by atoms with van der Waals surface area (Å²) in [5.74, 6) is 0.474. The van der Waals surface area contributed by atoms with Gasteiger partial charge in [-0.05, 0) is 60.1 Å². The fraction of sp³-hybridized carbons (Fsp3) is 0.333. The summed E-state index contributed by atoms with van der Waals surface area (Å²) in [5, 5.41) is 0. The van der Waals surface area contributed by atoms with E-state index in [-0.39, 0.29) is 11.9 Å². The van der Waals surface area contributed by atoms with Crippen LogP contribution in [0.25, 0.3) is 0 Å². The van der Waals surface area contributed by atoms with Gasteiger partial charge in [0.2, 0.25) is 0 Å². The monoisotopic (exact) mass is 269 g/mol. The van der Waals surface area contributed by atoms with Crippen molar-refractivity contribution < 1.29 is 4.39 Å². The summed E-state index contributed by atoms with van der Waals surface area (Å²) in [7, 11) is 0. The molecule has 1 aliphatic carbocycles. The van der Waals surface area contributed by atoms with Crippen LogP contribution in [0.1, 0.15) is 53.5 Å². The summed E-state index contributed by atoms with van der Waals surface area (Å²) < 4.78 is 13.5. The van der Waals surface area contributed by atoms with Gasteiger partial charge in [-0.15, -0.1) is 0 Å². The van der Waals surface area contributed by atoms with Crippen LogP contribution >= 0.6 is 0 Å². The van der Waals surface area contributed by atoms with Gasteiger partial charge < -0.3 is 5.73 Å². The molecule has 1 unspecified atom stereocenters. The molecule has 1 atom stereocenters. The van der Waals surface area contributed by atoms with Gasteiger partial charge in [-0.2, -0.15) is 0 Å². The maximum absolute atomic E-state index is 13.5. The highest BCUT2D eigenvalue weighted by molar-refractivity contribution is 5.37. The second-order valence-electron chi connectivity index (χ2n) is 5.84. The summed E-state index contributed by atoms with van der Waals surface area (Å²) in [5.41, 5.74) is 10.5. The van der Waals surface area contributed by atoms with Crippen molar-refractivity contribution in [2.24, 2.45) is 5.73 Å². The first-order valence-electron chi connectivity index (χ1n) is 7.26. The molecule has 1 fully saturated rings. The number of benzene rings is 2. The summed E-state index contributed by atoms with van der Waals surface area (Å²) in [6.07, 6.45) is 3.87. The standard InChI is InChI=1S/C18H20FN/c1-12-8-16(11-17(19)9-12)18(20)15-7-3-6-14(10-15)13-4-2-5-13/h3,6-11,13,18H,2,4-5,20H2,1H3. The molecule has 1 nitrogen and oxygen atoms in total. The Morgan fingerprint density at radius 1 is 1.10 bits per heavy atom. The molecule has 1 aliphatic rings. The van der Waals surface area contributed by atoms with E-state index in [1.807, 2.05) is 19.1 Å². The molecule has 2 aromatic carbocycles. The maximum Gasteiger partial charge on any atom is 0.123 e. The minimum atomic E-state index is -0.260. The Hall–Kier alpha value is -1.67. The van der Waals surface area contributed by atoms with Gasteiger partial charge in [0.25, 0.3) is 0 Å². The van der Waals surface area contributed by atoms with Crippen LogP contribution in [0.15, 0.2) is 42.5 Å². The maximum atomic E-state index is 13.5. The average Bonchev–Trinajstić information content (AvgIpc) is 2.35. The van der Waals surface area contributed by atoms with Crippen molar-refractivity contribution in [1.29, 1.82) is 0 Å². The highest BCUT2D eigenvalue weighted by atomic mass is 19.1. The van der Waals surface area contributed by atoms with Gasteiger partial charge in [0, 0.05) is 0 Å². The van der Waals surface area contributed by atoms with Crippen molar-refractivity contribution in [3.63, 3.8) is 0 Å². The lowest BCUT2D eigenvalue weighted by Gasteiger charge is -2.26. The molecule has 0 aromatic heterocycles. The molecule has 1 saturated carbocycles. The van der Waals surface area contributed by atoms with Crippen LogP contribution < -0.4 is 5.73 Å². The van der Waals surface area contributed by atoms with Crippen LogP contribution in [-0.4, -0.2) is 0 Å². The van der Waals surface area contributed by atoms with Crippen LogP contribution in [0.3, 0.4) is 0 Å². The molecular formula is C18H20FN. The third kappa shape index (κ3) is 2.61. The van der Waals surface area contributed by atoms with Crippen LogP contribution in [0.2, 0.25) is 0 Å². The second-order valence-corrected chi connectivity index (χ2v) is 5.84. The Morgan fingerprint density at radius 3 is 2.55 bits per heavy atom. The number of rotatable bonds is 3. The fourth-order valence-corrected chi connectivity index (χ4v) is 2.88. The van der Waals surface area contributed by atoms with Gasteiger partial charge in [0.05, 0.1) is 6.04 Å². The van der Waals surface area contributed by atoms with Gasteiger partial charge >= 0.3 is 0 Å². The quantitative estimate of drug-likeness (QED) is 0.875. The highest BCUT2D eigenvalue weighted by Gasteiger charge is 2.20. The van der Waals surface area contributed by atoms with E-state index >= 15 is 0 Å². The zero-order valence-electron chi connectivity index (χ0n) is 11.8. The topological polar surface area (TPSA) is 26.0 Å². The lowest BCUT2D eigenvalue weighted by molar-refractivity contribution is 0.419. The van der Waals surface area contributed by atoms with E-state index in [2.05, 4.69) is 18.2 Å². The third-order valence-electron chi connectivity index (χ3n) is 4.27. The van der Waals surface area contributed by atoms with E-state index in [9.17, 15) is 4.39 Å². The Bertz CT molecular complexity index is 596. The van der Waals surface area contributed by atoms with Crippen LogP contribution in [0, 0.1) is 12.7 Å². The molecule has 104 valence electrons. The second kappa shape index (κ2) is 5.37. The van der Waals surface area contributed by atoms with E-state index in [0.29, 0.717) is 5.92 Å². The first-order valence-corrected chi connectivity index (χ1v) is 7.26. The van der Waals surface area contributed by atoms with Gasteiger partial charge in [-0.3, -0.25) is 0 Å². The minimum absolute atomic E-state index is 0.217. The van der Waals surface area contributed by atoms with Crippen molar-refractivity contribution in [3.8, 4) is 0 Å². The molecular weight excluding hydrogens is 249 g/mol. The van der Waals surface area contributed by atoms with Gasteiger partial charge in [-0.25, -0.2) is 4.39 Å². The number of nitrogens with two attached hydrogens (primary N) is 1. The fourth-order valence-electron chi connectivity index (χ4n) is 2.88. The molecule has 0 heterocycles. The number of hydrogen-bond acceptors (Lipinski definition) is 1. The first-order chi connectivity index (χ1) is 9.63. The predicted octanol–water partition coefficient (Wildman–Crippen LogP) is 4.45. The molecule has 2 aromatic rings. The van der Waals surface area contributed by atoms with Gasteiger partial charge in [0.1, 0.15) is 5.82 Å². The molecule has 2 heteroatoms. The van der Waals surface area contributed by atoms with E-state index < -0.39 is 0 Å². The molecule has 0 amide bonds. The molecule has 0 spiro atoms. The van der Waals surface area contributed by atoms with Crippen molar-refractivity contribution >= 4 is 0 Å². The van der Waals surface area contributed by atoms with Crippen molar-refractivity contribution in [2.45, 2.75) is 38.1 Å². The van der Waals surface area contributed by atoms with Crippen LogP contribution in [0.4, 0.5) is 4.39 Å². The lowest BCUT2D eigenvalue weighted by Crippen LogP contribution is -2.14.